The summed E-state index contributed by atoms with van der Waals surface area (Å²) in [4.78, 5) is 25.9. The number of hydrogen-bond acceptors (Lipinski definition) is 4. The van der Waals surface area contributed by atoms with Crippen LogP contribution in [0.5, 0.6) is 0 Å². The summed E-state index contributed by atoms with van der Waals surface area (Å²) in [6.07, 6.45) is -0.493. The molecule has 0 aliphatic heterocycles. The Kier molecular flexibility index (Phi) is 4.47. The summed E-state index contributed by atoms with van der Waals surface area (Å²) in [5.41, 5.74) is 1.94. The Hall–Kier alpha value is -2.21. The minimum atomic E-state index is -1.13. The Morgan fingerprint density at radius 2 is 2.10 bits per heavy atom. The fourth-order valence-corrected chi connectivity index (χ4v) is 2.04. The van der Waals surface area contributed by atoms with Gasteiger partial charge in [0.25, 0.3) is 0 Å². The average Bonchev–Trinajstić information content (AvgIpc) is 2.70. The number of imidazole rings is 1. The van der Waals surface area contributed by atoms with Crippen LogP contribution in [0.25, 0.3) is 11.0 Å². The van der Waals surface area contributed by atoms with Crippen LogP contribution in [0.15, 0.2) is 24.3 Å². The van der Waals surface area contributed by atoms with Crippen molar-refractivity contribution in [3.63, 3.8) is 0 Å². The summed E-state index contributed by atoms with van der Waals surface area (Å²) in [6, 6.07) is 7.79. The van der Waals surface area contributed by atoms with Gasteiger partial charge in [-0.05, 0) is 19.1 Å². The number of nitrogens with zero attached hydrogens (tertiary/aromatic N) is 2. The van der Waals surface area contributed by atoms with E-state index in [9.17, 15) is 9.59 Å². The molecule has 0 aliphatic rings. The molecule has 0 fully saturated rings. The summed E-state index contributed by atoms with van der Waals surface area (Å²) in [7, 11) is 0. The van der Waals surface area contributed by atoms with Gasteiger partial charge >= 0.3 is 5.97 Å². The quantitative estimate of drug-likeness (QED) is 0.610. The number of carbonyl (C=O) groups excluding carboxylic acids is 1. The maximum absolute atomic E-state index is 11.2. The van der Waals surface area contributed by atoms with Crippen LogP contribution >= 0.6 is 0 Å². The van der Waals surface area contributed by atoms with Gasteiger partial charge in [0.05, 0.1) is 17.6 Å². The number of aliphatic carboxylic acids is 1. The Bertz CT molecular complexity index is 633. The molecule has 1 heterocycles. The first-order valence-electron chi connectivity index (χ1n) is 6.31. The maximum Gasteiger partial charge on any atom is 0.310 e. The van der Waals surface area contributed by atoms with Gasteiger partial charge in [-0.25, -0.2) is 4.98 Å². The van der Waals surface area contributed by atoms with Gasteiger partial charge in [-0.3, -0.25) is 9.59 Å². The molecule has 0 spiro atoms. The molecular weight excluding hydrogens is 260 g/mol. The van der Waals surface area contributed by atoms with Gasteiger partial charge < -0.3 is 14.4 Å². The first kappa shape index (κ1) is 14.2. The second-order valence-corrected chi connectivity index (χ2v) is 4.46. The van der Waals surface area contributed by atoms with Crippen LogP contribution in [0.4, 0.5) is 0 Å². The zero-order valence-corrected chi connectivity index (χ0v) is 11.2. The lowest BCUT2D eigenvalue weighted by Gasteiger charge is -2.07. The van der Waals surface area contributed by atoms with Crippen LogP contribution in [-0.2, 0) is 20.9 Å². The van der Waals surface area contributed by atoms with Gasteiger partial charge in [-0.15, -0.1) is 0 Å². The molecule has 2 rings (SSSR count). The molecule has 20 heavy (non-hydrogen) atoms. The van der Waals surface area contributed by atoms with E-state index >= 15 is 0 Å². The maximum atomic E-state index is 11.2. The Morgan fingerprint density at radius 3 is 2.85 bits per heavy atom. The van der Waals surface area contributed by atoms with Crippen molar-refractivity contribution in [2.45, 2.75) is 19.9 Å². The molecule has 0 saturated carbocycles. The SMILES string of the molecule is Cc1nc2ccccc2n1CCOCC(=O)CC(=O)O. The average molecular weight is 276 g/mol. The van der Waals surface area contributed by atoms with Gasteiger partial charge in [0.15, 0.2) is 5.78 Å². The molecule has 0 radical (unpaired) electrons. The summed E-state index contributed by atoms with van der Waals surface area (Å²) in [6.45, 7) is 2.66. The van der Waals surface area contributed by atoms with Crippen LogP contribution in [-0.4, -0.2) is 39.6 Å². The number of para-hydroxylation sites is 2. The first-order valence-corrected chi connectivity index (χ1v) is 6.31. The van der Waals surface area contributed by atoms with E-state index in [1.165, 1.54) is 0 Å². The summed E-state index contributed by atoms with van der Waals surface area (Å²) in [5, 5.41) is 8.46. The second kappa shape index (κ2) is 6.29. The predicted octanol–water partition coefficient (Wildman–Crippen LogP) is 1.41. The van der Waals surface area contributed by atoms with E-state index in [4.69, 9.17) is 9.84 Å². The molecule has 0 unspecified atom stereocenters. The van der Waals surface area contributed by atoms with Crippen molar-refractivity contribution in [2.24, 2.45) is 0 Å². The molecule has 0 amide bonds. The molecule has 1 aromatic carbocycles. The van der Waals surface area contributed by atoms with Gasteiger partial charge in [0, 0.05) is 6.54 Å². The molecule has 106 valence electrons. The van der Waals surface area contributed by atoms with Crippen molar-refractivity contribution in [1.82, 2.24) is 9.55 Å². The van der Waals surface area contributed by atoms with Crippen LogP contribution in [0.1, 0.15) is 12.2 Å². The van der Waals surface area contributed by atoms with Crippen molar-refractivity contribution in [3.8, 4) is 0 Å². The van der Waals surface area contributed by atoms with E-state index in [-0.39, 0.29) is 6.61 Å². The third-order valence-corrected chi connectivity index (χ3v) is 2.92. The number of carboxylic acid groups (broad SMARTS) is 1. The molecule has 0 bridgehead atoms. The zero-order chi connectivity index (χ0) is 14.5. The normalized spacial score (nSPS) is 10.8. The highest BCUT2D eigenvalue weighted by Crippen LogP contribution is 2.14. The Balaban J connectivity index is 1.89. The molecule has 6 heteroatoms. The van der Waals surface area contributed by atoms with Crippen molar-refractivity contribution in [1.29, 1.82) is 0 Å². The van der Waals surface area contributed by atoms with Crippen LogP contribution in [0, 0.1) is 6.92 Å². The van der Waals surface area contributed by atoms with E-state index in [1.807, 2.05) is 35.8 Å². The van der Waals surface area contributed by atoms with Crippen LogP contribution in [0.3, 0.4) is 0 Å². The minimum Gasteiger partial charge on any atom is -0.481 e. The zero-order valence-electron chi connectivity index (χ0n) is 11.2. The number of aryl methyl sites for hydroxylation is 1. The largest absolute Gasteiger partial charge is 0.481 e. The van der Waals surface area contributed by atoms with E-state index < -0.39 is 18.2 Å². The Labute approximate surface area is 116 Å². The number of fused-ring (bicyclic) bond motifs is 1. The smallest absolute Gasteiger partial charge is 0.310 e. The fourth-order valence-electron chi connectivity index (χ4n) is 2.04. The lowest BCUT2D eigenvalue weighted by molar-refractivity contribution is -0.141. The first-order chi connectivity index (χ1) is 9.58. The van der Waals surface area contributed by atoms with E-state index in [1.54, 1.807) is 0 Å². The molecule has 0 aliphatic carbocycles. The molecule has 6 nitrogen and oxygen atoms in total. The number of ether oxygens (including phenoxy) is 1. The van der Waals surface area contributed by atoms with Crippen molar-refractivity contribution in [3.05, 3.63) is 30.1 Å². The van der Waals surface area contributed by atoms with Crippen molar-refractivity contribution >= 4 is 22.8 Å². The number of hydrogen-bond donors (Lipinski definition) is 1. The molecule has 0 atom stereocenters. The van der Waals surface area contributed by atoms with E-state index in [0.29, 0.717) is 13.2 Å². The van der Waals surface area contributed by atoms with E-state index in [2.05, 4.69) is 4.98 Å². The summed E-state index contributed by atoms with van der Waals surface area (Å²) >= 11 is 0. The lowest BCUT2D eigenvalue weighted by Crippen LogP contribution is -2.16. The fraction of sp³-hybridized carbons (Fsp3) is 0.357. The monoisotopic (exact) mass is 276 g/mol. The third kappa shape index (κ3) is 3.42. The van der Waals surface area contributed by atoms with E-state index in [0.717, 1.165) is 16.9 Å². The van der Waals surface area contributed by atoms with Gasteiger partial charge in [-0.1, -0.05) is 12.1 Å². The van der Waals surface area contributed by atoms with Gasteiger partial charge in [-0.2, -0.15) is 0 Å². The topological polar surface area (TPSA) is 81.4 Å². The van der Waals surface area contributed by atoms with Crippen molar-refractivity contribution in [2.75, 3.05) is 13.2 Å². The number of ketones is 1. The highest BCUT2D eigenvalue weighted by molar-refractivity contribution is 5.95. The Morgan fingerprint density at radius 1 is 1.35 bits per heavy atom. The second-order valence-electron chi connectivity index (χ2n) is 4.46. The number of Topliss-reactive ketones (excluding diaryl/α,β-unsaturated/α-hetero) is 1. The van der Waals surface area contributed by atoms with Gasteiger partial charge in [0.1, 0.15) is 18.9 Å². The predicted molar refractivity (Wildman–Crippen MR) is 72.5 cm³/mol. The highest BCUT2D eigenvalue weighted by atomic mass is 16.5. The van der Waals surface area contributed by atoms with Crippen LogP contribution in [0.2, 0.25) is 0 Å². The molecule has 2 aromatic rings. The van der Waals surface area contributed by atoms with Crippen molar-refractivity contribution < 1.29 is 19.4 Å². The minimum absolute atomic E-state index is 0.169. The molecular formula is C14H16N2O4. The number of benzene rings is 1. The summed E-state index contributed by atoms with van der Waals surface area (Å²) in [5.74, 6) is -0.675. The lowest BCUT2D eigenvalue weighted by atomic mass is 10.3. The van der Waals surface area contributed by atoms with Gasteiger partial charge in [0.2, 0.25) is 0 Å². The number of rotatable bonds is 7. The summed E-state index contributed by atoms with van der Waals surface area (Å²) < 4.78 is 7.22. The highest BCUT2D eigenvalue weighted by Gasteiger charge is 2.09. The molecule has 0 saturated heterocycles. The standard InChI is InChI=1S/C14H16N2O4/c1-10-15-12-4-2-3-5-13(12)16(10)6-7-20-9-11(17)8-14(18)19/h2-5H,6-9H2,1H3,(H,18,19). The molecule has 1 N–H and O–H groups in total. The number of carbonyl (C=O) groups is 2. The number of aromatic nitrogens is 2. The molecule has 1 aromatic heterocycles. The third-order valence-electron chi connectivity index (χ3n) is 2.92. The number of carboxylic acids is 1. The van der Waals surface area contributed by atoms with Crippen LogP contribution < -0.4 is 0 Å².